The zero-order valence-corrected chi connectivity index (χ0v) is 15.6. The van der Waals surface area contributed by atoms with Gasteiger partial charge >= 0.3 is 5.97 Å². The van der Waals surface area contributed by atoms with Gasteiger partial charge in [-0.05, 0) is 47.7 Å². The van der Waals surface area contributed by atoms with Crippen LogP contribution < -0.4 is 4.74 Å². The molecule has 0 aliphatic carbocycles. The van der Waals surface area contributed by atoms with E-state index < -0.39 is 0 Å². The summed E-state index contributed by atoms with van der Waals surface area (Å²) in [6.45, 7) is 2.72. The summed E-state index contributed by atoms with van der Waals surface area (Å²) in [7, 11) is 0. The lowest BCUT2D eigenvalue weighted by Gasteiger charge is -2.14. The number of aryl methyl sites for hydroxylation is 1. The molecule has 0 aromatic heterocycles. The van der Waals surface area contributed by atoms with Gasteiger partial charge in [-0.2, -0.15) is 0 Å². The fourth-order valence-electron chi connectivity index (χ4n) is 2.93. The minimum absolute atomic E-state index is 0.184. The minimum Gasteiger partial charge on any atom is -0.489 e. The molecule has 0 amide bonds. The Kier molecular flexibility index (Phi) is 6.64. The molecule has 0 spiro atoms. The molecule has 0 N–H and O–H groups in total. The van der Waals surface area contributed by atoms with Crippen molar-refractivity contribution in [1.82, 2.24) is 0 Å². The second-order valence-electron chi connectivity index (χ2n) is 6.27. The molecule has 0 aliphatic rings. The first-order valence-electron chi connectivity index (χ1n) is 9.27. The monoisotopic (exact) mass is 360 g/mol. The summed E-state index contributed by atoms with van der Waals surface area (Å²) < 4.78 is 11.1. The van der Waals surface area contributed by atoms with Crippen LogP contribution in [0, 0.1) is 0 Å². The Bertz CT molecular complexity index is 857. The molecule has 0 fully saturated rings. The van der Waals surface area contributed by atoms with E-state index in [0.717, 1.165) is 28.0 Å². The molecule has 0 saturated heterocycles. The van der Waals surface area contributed by atoms with E-state index in [2.05, 4.69) is 24.3 Å². The molecule has 0 aliphatic heterocycles. The van der Waals surface area contributed by atoms with E-state index in [0.29, 0.717) is 26.1 Å². The van der Waals surface area contributed by atoms with Gasteiger partial charge in [0.25, 0.3) is 0 Å². The summed E-state index contributed by atoms with van der Waals surface area (Å²) in [5, 5.41) is 0. The third kappa shape index (κ3) is 5.45. The number of ether oxygens (including phenoxy) is 2. The van der Waals surface area contributed by atoms with Gasteiger partial charge in [0.15, 0.2) is 0 Å². The Balaban J connectivity index is 1.80. The number of carbonyl (C=O) groups is 1. The number of hydrogen-bond acceptors (Lipinski definition) is 3. The highest BCUT2D eigenvalue weighted by atomic mass is 16.5. The summed E-state index contributed by atoms with van der Waals surface area (Å²) in [4.78, 5) is 11.8. The standard InChI is InChI=1S/C24H24O3/c1-2-26-24(25)16-14-22-17-21(20-11-7-4-8-12-20)13-15-23(22)27-18-19-9-5-3-6-10-19/h3-13,15,17H,2,14,16,18H2,1H3. The predicted molar refractivity (Wildman–Crippen MR) is 108 cm³/mol. The summed E-state index contributed by atoms with van der Waals surface area (Å²) in [5.41, 5.74) is 4.38. The van der Waals surface area contributed by atoms with Crippen LogP contribution in [0.1, 0.15) is 24.5 Å². The Morgan fingerprint density at radius 1 is 0.852 bits per heavy atom. The van der Waals surface area contributed by atoms with Crippen molar-refractivity contribution in [1.29, 1.82) is 0 Å². The normalized spacial score (nSPS) is 10.4. The third-order valence-corrected chi connectivity index (χ3v) is 4.31. The van der Waals surface area contributed by atoms with E-state index in [9.17, 15) is 4.79 Å². The molecule has 27 heavy (non-hydrogen) atoms. The average Bonchev–Trinajstić information content (AvgIpc) is 2.72. The van der Waals surface area contributed by atoms with Gasteiger partial charge in [0.2, 0.25) is 0 Å². The van der Waals surface area contributed by atoms with E-state index in [4.69, 9.17) is 9.47 Å². The smallest absolute Gasteiger partial charge is 0.306 e. The van der Waals surface area contributed by atoms with Crippen LogP contribution in [0.3, 0.4) is 0 Å². The molecular weight excluding hydrogens is 336 g/mol. The number of rotatable bonds is 8. The Morgan fingerprint density at radius 2 is 1.56 bits per heavy atom. The molecule has 0 bridgehead atoms. The van der Waals surface area contributed by atoms with Gasteiger partial charge in [-0.1, -0.05) is 66.7 Å². The van der Waals surface area contributed by atoms with Crippen molar-refractivity contribution in [3.05, 3.63) is 90.0 Å². The van der Waals surface area contributed by atoms with Gasteiger partial charge in [-0.25, -0.2) is 0 Å². The molecule has 0 heterocycles. The second-order valence-corrected chi connectivity index (χ2v) is 6.27. The number of esters is 1. The van der Waals surface area contributed by atoms with E-state index in [-0.39, 0.29) is 5.97 Å². The van der Waals surface area contributed by atoms with Gasteiger partial charge in [-0.3, -0.25) is 4.79 Å². The average molecular weight is 360 g/mol. The molecule has 0 atom stereocenters. The van der Waals surface area contributed by atoms with Crippen molar-refractivity contribution in [3.63, 3.8) is 0 Å². The first-order chi connectivity index (χ1) is 13.3. The van der Waals surface area contributed by atoms with Gasteiger partial charge < -0.3 is 9.47 Å². The van der Waals surface area contributed by atoms with E-state index in [1.54, 1.807) is 0 Å². The second kappa shape index (κ2) is 9.58. The lowest BCUT2D eigenvalue weighted by molar-refractivity contribution is -0.143. The fourth-order valence-corrected chi connectivity index (χ4v) is 2.93. The lowest BCUT2D eigenvalue weighted by Crippen LogP contribution is -2.06. The van der Waals surface area contributed by atoms with Gasteiger partial charge in [0.1, 0.15) is 12.4 Å². The van der Waals surface area contributed by atoms with Crippen molar-refractivity contribution in [2.45, 2.75) is 26.4 Å². The maximum absolute atomic E-state index is 11.8. The lowest BCUT2D eigenvalue weighted by atomic mass is 10.00. The highest BCUT2D eigenvalue weighted by Gasteiger charge is 2.10. The Labute approximate surface area is 160 Å². The van der Waals surface area contributed by atoms with Crippen molar-refractivity contribution in [2.75, 3.05) is 6.61 Å². The predicted octanol–water partition coefficient (Wildman–Crippen LogP) is 5.43. The van der Waals surface area contributed by atoms with Crippen LogP contribution in [0.4, 0.5) is 0 Å². The molecule has 0 radical (unpaired) electrons. The van der Waals surface area contributed by atoms with Crippen molar-refractivity contribution >= 4 is 5.97 Å². The van der Waals surface area contributed by atoms with Crippen LogP contribution in [0.5, 0.6) is 5.75 Å². The number of hydrogen-bond donors (Lipinski definition) is 0. The van der Waals surface area contributed by atoms with Crippen molar-refractivity contribution < 1.29 is 14.3 Å². The quantitative estimate of drug-likeness (QED) is 0.503. The van der Waals surface area contributed by atoms with Gasteiger partial charge in [0, 0.05) is 6.42 Å². The zero-order chi connectivity index (χ0) is 18.9. The van der Waals surface area contributed by atoms with E-state index in [1.165, 1.54) is 0 Å². The molecule has 3 nitrogen and oxygen atoms in total. The number of benzene rings is 3. The Hall–Kier alpha value is -3.07. The highest BCUT2D eigenvalue weighted by Crippen LogP contribution is 2.28. The highest BCUT2D eigenvalue weighted by molar-refractivity contribution is 5.70. The molecule has 3 rings (SSSR count). The molecule has 0 unspecified atom stereocenters. The maximum atomic E-state index is 11.8. The van der Waals surface area contributed by atoms with Crippen molar-refractivity contribution in [3.8, 4) is 16.9 Å². The van der Waals surface area contributed by atoms with Crippen LogP contribution >= 0.6 is 0 Å². The summed E-state index contributed by atoms with van der Waals surface area (Å²) in [6.07, 6.45) is 0.928. The van der Waals surface area contributed by atoms with E-state index >= 15 is 0 Å². The summed E-state index contributed by atoms with van der Waals surface area (Å²) in [6, 6.07) is 26.4. The Morgan fingerprint density at radius 3 is 2.26 bits per heavy atom. The van der Waals surface area contributed by atoms with Crippen LogP contribution in [-0.4, -0.2) is 12.6 Å². The molecular formula is C24H24O3. The van der Waals surface area contributed by atoms with E-state index in [1.807, 2.05) is 61.5 Å². The van der Waals surface area contributed by atoms with Crippen molar-refractivity contribution in [2.24, 2.45) is 0 Å². The minimum atomic E-state index is -0.184. The summed E-state index contributed by atoms with van der Waals surface area (Å²) >= 11 is 0. The molecule has 3 aromatic rings. The third-order valence-electron chi connectivity index (χ3n) is 4.31. The SMILES string of the molecule is CCOC(=O)CCc1cc(-c2ccccc2)ccc1OCc1ccccc1. The largest absolute Gasteiger partial charge is 0.489 e. The van der Waals surface area contributed by atoms with Crippen LogP contribution in [0.2, 0.25) is 0 Å². The maximum Gasteiger partial charge on any atom is 0.306 e. The molecule has 0 saturated carbocycles. The number of carbonyl (C=O) groups excluding carboxylic acids is 1. The van der Waals surface area contributed by atoms with Gasteiger partial charge in [-0.15, -0.1) is 0 Å². The molecule has 3 heteroatoms. The first-order valence-corrected chi connectivity index (χ1v) is 9.27. The van der Waals surface area contributed by atoms with Crippen LogP contribution in [0.15, 0.2) is 78.9 Å². The van der Waals surface area contributed by atoms with Gasteiger partial charge in [0.05, 0.1) is 6.61 Å². The first kappa shape index (κ1) is 18.7. The fraction of sp³-hybridized carbons (Fsp3) is 0.208. The van der Waals surface area contributed by atoms with Crippen LogP contribution in [0.25, 0.3) is 11.1 Å². The van der Waals surface area contributed by atoms with Crippen LogP contribution in [-0.2, 0) is 22.6 Å². The summed E-state index contributed by atoms with van der Waals surface area (Å²) in [5.74, 6) is 0.624. The molecule has 3 aromatic carbocycles. The zero-order valence-electron chi connectivity index (χ0n) is 15.6. The molecule has 138 valence electrons. The topological polar surface area (TPSA) is 35.5 Å².